The van der Waals surface area contributed by atoms with Crippen LogP contribution in [0.2, 0.25) is 0 Å². The van der Waals surface area contributed by atoms with E-state index < -0.39 is 0 Å². The molecule has 1 aliphatic carbocycles. The van der Waals surface area contributed by atoms with Gasteiger partial charge in [-0.15, -0.1) is 0 Å². The Kier molecular flexibility index (Phi) is 3.19. The first-order chi connectivity index (χ1) is 6.42. The Labute approximate surface area is 80.4 Å². The molecule has 0 amide bonds. The molecule has 2 rings (SSSR count). The van der Waals surface area contributed by atoms with Gasteiger partial charge < -0.3 is 10.1 Å². The van der Waals surface area contributed by atoms with Crippen LogP contribution in [0.1, 0.15) is 19.3 Å². The first kappa shape index (κ1) is 9.44. The Morgan fingerprint density at radius 2 is 2.00 bits per heavy atom. The lowest BCUT2D eigenvalue weighted by Gasteiger charge is -2.35. The Hall–Kier alpha value is -0.120. The molecule has 13 heavy (non-hydrogen) atoms. The van der Waals surface area contributed by atoms with E-state index in [0.29, 0.717) is 12.1 Å². The van der Waals surface area contributed by atoms with Gasteiger partial charge in [0, 0.05) is 39.3 Å². The highest BCUT2D eigenvalue weighted by Gasteiger charge is 2.32. The average Bonchev–Trinajstić information content (AvgIpc) is 2.67. The van der Waals surface area contributed by atoms with Crippen molar-refractivity contribution in [3.63, 3.8) is 0 Å². The van der Waals surface area contributed by atoms with Gasteiger partial charge in [-0.25, -0.2) is 0 Å². The second kappa shape index (κ2) is 4.40. The van der Waals surface area contributed by atoms with E-state index >= 15 is 0 Å². The summed E-state index contributed by atoms with van der Waals surface area (Å²) in [6.45, 7) is 4.69. The van der Waals surface area contributed by atoms with Crippen LogP contribution >= 0.6 is 0 Å². The summed E-state index contributed by atoms with van der Waals surface area (Å²) in [7, 11) is 1.85. The van der Waals surface area contributed by atoms with Gasteiger partial charge in [-0.3, -0.25) is 4.90 Å². The molecule has 0 aromatic rings. The van der Waals surface area contributed by atoms with E-state index in [2.05, 4.69) is 10.2 Å². The molecule has 1 aliphatic heterocycles. The number of hydrogen-bond acceptors (Lipinski definition) is 3. The zero-order chi connectivity index (χ0) is 9.10. The van der Waals surface area contributed by atoms with Crippen LogP contribution in [0.25, 0.3) is 0 Å². The van der Waals surface area contributed by atoms with E-state index in [1.807, 2.05) is 7.11 Å². The molecular formula is C10H20N2O. The molecule has 0 aromatic carbocycles. The minimum absolute atomic E-state index is 0.498. The molecule has 2 unspecified atom stereocenters. The van der Waals surface area contributed by atoms with Crippen LogP contribution in [0.5, 0.6) is 0 Å². The molecule has 0 radical (unpaired) electrons. The minimum Gasteiger partial charge on any atom is -0.380 e. The first-order valence-electron chi connectivity index (χ1n) is 5.39. The first-order valence-corrected chi connectivity index (χ1v) is 5.39. The maximum absolute atomic E-state index is 5.51. The maximum atomic E-state index is 5.51. The fourth-order valence-corrected chi connectivity index (χ4v) is 2.61. The molecule has 76 valence electrons. The fraction of sp³-hybridized carbons (Fsp3) is 1.00. The molecule has 3 heteroatoms. The minimum atomic E-state index is 0.498. The van der Waals surface area contributed by atoms with Crippen LogP contribution in [0.4, 0.5) is 0 Å². The second-order valence-electron chi connectivity index (χ2n) is 4.06. The lowest BCUT2D eigenvalue weighted by molar-refractivity contribution is 0.0281. The molecule has 0 aromatic heterocycles. The highest BCUT2D eigenvalue weighted by Crippen LogP contribution is 2.26. The Bertz CT molecular complexity index is 157. The van der Waals surface area contributed by atoms with Crippen molar-refractivity contribution in [2.24, 2.45) is 0 Å². The summed E-state index contributed by atoms with van der Waals surface area (Å²) in [4.78, 5) is 2.59. The summed E-state index contributed by atoms with van der Waals surface area (Å²) < 4.78 is 5.51. The third-order valence-corrected chi connectivity index (χ3v) is 3.34. The van der Waals surface area contributed by atoms with Gasteiger partial charge in [-0.2, -0.15) is 0 Å². The van der Waals surface area contributed by atoms with Crippen molar-refractivity contribution in [3.05, 3.63) is 0 Å². The number of piperazine rings is 1. The van der Waals surface area contributed by atoms with Crippen molar-refractivity contribution in [3.8, 4) is 0 Å². The fourth-order valence-electron chi connectivity index (χ4n) is 2.61. The van der Waals surface area contributed by atoms with Gasteiger partial charge >= 0.3 is 0 Å². The third-order valence-electron chi connectivity index (χ3n) is 3.34. The predicted molar refractivity (Wildman–Crippen MR) is 52.9 cm³/mol. The molecule has 2 atom stereocenters. The molecule has 3 nitrogen and oxygen atoms in total. The second-order valence-corrected chi connectivity index (χ2v) is 4.06. The molecule has 2 fully saturated rings. The van der Waals surface area contributed by atoms with Crippen LogP contribution in [0.3, 0.4) is 0 Å². The quantitative estimate of drug-likeness (QED) is 0.675. The normalized spacial score (nSPS) is 36.7. The lowest BCUT2D eigenvalue weighted by atomic mass is 10.1. The Balaban J connectivity index is 1.90. The number of nitrogens with one attached hydrogen (secondary N) is 1. The average molecular weight is 184 g/mol. The predicted octanol–water partition coefficient (Wildman–Crippen LogP) is 0.459. The number of methoxy groups -OCH3 is 1. The van der Waals surface area contributed by atoms with Gasteiger partial charge in [-0.1, -0.05) is 0 Å². The highest BCUT2D eigenvalue weighted by atomic mass is 16.5. The molecule has 1 saturated carbocycles. The lowest BCUT2D eigenvalue weighted by Crippen LogP contribution is -2.51. The summed E-state index contributed by atoms with van der Waals surface area (Å²) in [5.74, 6) is 0. The molecule has 0 bridgehead atoms. The topological polar surface area (TPSA) is 24.5 Å². The number of rotatable bonds is 2. The standard InChI is InChI=1S/C10H20N2O/c1-13-10-4-2-3-9(10)12-7-5-11-6-8-12/h9-11H,2-8H2,1H3. The maximum Gasteiger partial charge on any atom is 0.0726 e. The summed E-state index contributed by atoms with van der Waals surface area (Å²) in [6, 6.07) is 0.701. The van der Waals surface area contributed by atoms with E-state index in [9.17, 15) is 0 Å². The molecule has 1 N–H and O–H groups in total. The van der Waals surface area contributed by atoms with E-state index in [0.717, 1.165) is 13.1 Å². The van der Waals surface area contributed by atoms with E-state index in [-0.39, 0.29) is 0 Å². The van der Waals surface area contributed by atoms with Gasteiger partial charge in [0.05, 0.1) is 6.10 Å². The number of hydrogen-bond donors (Lipinski definition) is 1. The number of nitrogens with zero attached hydrogens (tertiary/aromatic N) is 1. The smallest absolute Gasteiger partial charge is 0.0726 e. The van der Waals surface area contributed by atoms with Crippen molar-refractivity contribution in [1.29, 1.82) is 0 Å². The van der Waals surface area contributed by atoms with Crippen LogP contribution < -0.4 is 5.32 Å². The van der Waals surface area contributed by atoms with Crippen LogP contribution in [-0.2, 0) is 4.74 Å². The van der Waals surface area contributed by atoms with E-state index in [1.54, 1.807) is 0 Å². The molecule has 1 heterocycles. The van der Waals surface area contributed by atoms with Crippen molar-refractivity contribution in [2.45, 2.75) is 31.4 Å². The van der Waals surface area contributed by atoms with E-state index in [4.69, 9.17) is 4.74 Å². The summed E-state index contributed by atoms with van der Waals surface area (Å²) in [5, 5.41) is 3.39. The zero-order valence-electron chi connectivity index (χ0n) is 8.46. The van der Waals surface area contributed by atoms with Crippen LogP contribution in [0, 0.1) is 0 Å². The zero-order valence-corrected chi connectivity index (χ0v) is 8.46. The Morgan fingerprint density at radius 3 is 2.69 bits per heavy atom. The Morgan fingerprint density at radius 1 is 1.23 bits per heavy atom. The molecular weight excluding hydrogens is 164 g/mol. The van der Waals surface area contributed by atoms with E-state index in [1.165, 1.54) is 32.4 Å². The largest absolute Gasteiger partial charge is 0.380 e. The summed E-state index contributed by atoms with van der Waals surface area (Å²) in [5.41, 5.74) is 0. The van der Waals surface area contributed by atoms with Gasteiger partial charge in [0.25, 0.3) is 0 Å². The van der Waals surface area contributed by atoms with Crippen LogP contribution in [-0.4, -0.2) is 50.3 Å². The van der Waals surface area contributed by atoms with Crippen molar-refractivity contribution in [1.82, 2.24) is 10.2 Å². The third kappa shape index (κ3) is 2.03. The molecule has 2 aliphatic rings. The highest BCUT2D eigenvalue weighted by molar-refractivity contribution is 4.87. The van der Waals surface area contributed by atoms with Gasteiger partial charge in [0.15, 0.2) is 0 Å². The van der Waals surface area contributed by atoms with Gasteiger partial charge in [0.1, 0.15) is 0 Å². The van der Waals surface area contributed by atoms with Crippen LogP contribution in [0.15, 0.2) is 0 Å². The summed E-state index contributed by atoms with van der Waals surface area (Å²) in [6.07, 6.45) is 4.43. The van der Waals surface area contributed by atoms with Crippen molar-refractivity contribution < 1.29 is 4.74 Å². The summed E-state index contributed by atoms with van der Waals surface area (Å²) >= 11 is 0. The van der Waals surface area contributed by atoms with Gasteiger partial charge in [-0.05, 0) is 19.3 Å². The molecule has 1 saturated heterocycles. The van der Waals surface area contributed by atoms with Crippen molar-refractivity contribution >= 4 is 0 Å². The van der Waals surface area contributed by atoms with Crippen molar-refractivity contribution in [2.75, 3.05) is 33.3 Å². The van der Waals surface area contributed by atoms with Gasteiger partial charge in [0.2, 0.25) is 0 Å². The molecule has 0 spiro atoms. The SMILES string of the molecule is COC1CCCC1N1CCNCC1. The number of ether oxygens (including phenoxy) is 1. The monoisotopic (exact) mass is 184 g/mol.